The lowest BCUT2D eigenvalue weighted by Gasteiger charge is -2.17. The maximum Gasteiger partial charge on any atom is 0.192 e. The molecular formula is C8H8F3N3. The third-order valence-corrected chi connectivity index (χ3v) is 1.68. The first-order chi connectivity index (χ1) is 6.43. The van der Waals surface area contributed by atoms with Crippen LogP contribution in [-0.4, -0.2) is 13.0 Å². The quantitative estimate of drug-likeness (QED) is 0.536. The van der Waals surface area contributed by atoms with E-state index in [1.165, 1.54) is 7.05 Å². The Labute approximate surface area is 78.4 Å². The van der Waals surface area contributed by atoms with Crippen molar-refractivity contribution in [2.75, 3.05) is 11.9 Å². The van der Waals surface area contributed by atoms with Crippen LogP contribution < -0.4 is 10.6 Å². The zero-order valence-electron chi connectivity index (χ0n) is 7.31. The van der Waals surface area contributed by atoms with Gasteiger partial charge in [0.25, 0.3) is 0 Å². The largest absolute Gasteiger partial charge is 0.370 e. The van der Waals surface area contributed by atoms with E-state index in [0.29, 0.717) is 12.1 Å². The molecule has 0 aliphatic rings. The molecule has 0 spiro atoms. The van der Waals surface area contributed by atoms with Crippen molar-refractivity contribution < 1.29 is 13.2 Å². The predicted octanol–water partition coefficient (Wildman–Crippen LogP) is 1.43. The summed E-state index contributed by atoms with van der Waals surface area (Å²) in [6.45, 7) is 0. The van der Waals surface area contributed by atoms with Crippen LogP contribution in [0.25, 0.3) is 0 Å². The highest BCUT2D eigenvalue weighted by Crippen LogP contribution is 2.22. The summed E-state index contributed by atoms with van der Waals surface area (Å²) in [5, 5.41) is 6.96. The number of benzene rings is 1. The third-order valence-electron chi connectivity index (χ3n) is 1.68. The summed E-state index contributed by atoms with van der Waals surface area (Å²) < 4.78 is 38.6. The maximum atomic E-state index is 13.0. The van der Waals surface area contributed by atoms with Crippen molar-refractivity contribution in [2.24, 2.45) is 5.73 Å². The minimum Gasteiger partial charge on any atom is -0.370 e. The van der Waals surface area contributed by atoms with Crippen LogP contribution in [0.5, 0.6) is 0 Å². The molecule has 0 aliphatic heterocycles. The van der Waals surface area contributed by atoms with Crippen LogP contribution >= 0.6 is 0 Å². The summed E-state index contributed by atoms with van der Waals surface area (Å²) >= 11 is 0. The lowest BCUT2D eigenvalue weighted by atomic mass is 10.2. The monoisotopic (exact) mass is 203 g/mol. The van der Waals surface area contributed by atoms with Crippen LogP contribution in [0.2, 0.25) is 0 Å². The number of guanidine groups is 1. The fraction of sp³-hybridized carbons (Fsp3) is 0.125. The van der Waals surface area contributed by atoms with Crippen LogP contribution in [0.15, 0.2) is 12.1 Å². The highest BCUT2D eigenvalue weighted by atomic mass is 19.1. The Bertz CT molecular complexity index is 355. The first-order valence-electron chi connectivity index (χ1n) is 3.65. The molecule has 1 aromatic rings. The number of halogens is 3. The van der Waals surface area contributed by atoms with Crippen LogP contribution in [0, 0.1) is 22.9 Å². The average molecular weight is 203 g/mol. The molecule has 1 aromatic carbocycles. The van der Waals surface area contributed by atoms with Gasteiger partial charge in [0, 0.05) is 19.2 Å². The average Bonchev–Trinajstić information content (AvgIpc) is 2.01. The van der Waals surface area contributed by atoms with Gasteiger partial charge in [0.2, 0.25) is 0 Å². The molecule has 6 heteroatoms. The Hall–Kier alpha value is -1.72. The summed E-state index contributed by atoms with van der Waals surface area (Å²) in [7, 11) is 1.21. The lowest BCUT2D eigenvalue weighted by molar-refractivity contribution is 0.545. The molecule has 0 aliphatic carbocycles. The Kier molecular flexibility index (Phi) is 2.64. The van der Waals surface area contributed by atoms with Crippen molar-refractivity contribution in [3.8, 4) is 0 Å². The second-order valence-corrected chi connectivity index (χ2v) is 2.66. The molecule has 0 bridgehead atoms. The standard InChI is InChI=1S/C8H8F3N3/c1-14(8(12)13)7-5(10)2-4(9)3-6(7)11/h2-3H,1H3,(H3,12,13). The molecule has 0 atom stereocenters. The van der Waals surface area contributed by atoms with E-state index < -0.39 is 29.1 Å². The molecule has 0 aromatic heterocycles. The van der Waals surface area contributed by atoms with Crippen molar-refractivity contribution in [1.29, 1.82) is 5.41 Å². The molecule has 0 radical (unpaired) electrons. The number of hydrogen-bond donors (Lipinski definition) is 2. The molecular weight excluding hydrogens is 195 g/mol. The van der Waals surface area contributed by atoms with Gasteiger partial charge >= 0.3 is 0 Å². The smallest absolute Gasteiger partial charge is 0.192 e. The van der Waals surface area contributed by atoms with E-state index in [9.17, 15) is 13.2 Å². The van der Waals surface area contributed by atoms with Gasteiger partial charge < -0.3 is 10.6 Å². The highest BCUT2D eigenvalue weighted by Gasteiger charge is 2.16. The first-order valence-corrected chi connectivity index (χ1v) is 3.65. The van der Waals surface area contributed by atoms with E-state index in [4.69, 9.17) is 11.1 Å². The molecule has 3 nitrogen and oxygen atoms in total. The molecule has 1 rings (SSSR count). The van der Waals surface area contributed by atoms with Crippen LogP contribution in [0.1, 0.15) is 0 Å². The Balaban J connectivity index is 3.27. The number of nitrogens with zero attached hydrogens (tertiary/aromatic N) is 1. The maximum absolute atomic E-state index is 13.0. The summed E-state index contributed by atoms with van der Waals surface area (Å²) in [6.07, 6.45) is 0. The topological polar surface area (TPSA) is 53.1 Å². The first kappa shape index (κ1) is 10.4. The highest BCUT2D eigenvalue weighted by molar-refractivity contribution is 5.92. The van der Waals surface area contributed by atoms with Gasteiger partial charge in [0.15, 0.2) is 17.6 Å². The molecule has 0 heterocycles. The fourth-order valence-electron chi connectivity index (χ4n) is 0.975. The summed E-state index contributed by atoms with van der Waals surface area (Å²) in [5.41, 5.74) is 4.48. The summed E-state index contributed by atoms with van der Waals surface area (Å²) in [6, 6.07) is 1.05. The Morgan fingerprint density at radius 1 is 1.29 bits per heavy atom. The van der Waals surface area contributed by atoms with Gasteiger partial charge in [-0.3, -0.25) is 5.41 Å². The van der Waals surface area contributed by atoms with Gasteiger partial charge in [-0.15, -0.1) is 0 Å². The summed E-state index contributed by atoms with van der Waals surface area (Å²) in [5.74, 6) is -3.74. The SMILES string of the molecule is CN(C(=N)N)c1c(F)cc(F)cc1F. The van der Waals surface area contributed by atoms with Crippen LogP contribution in [0.4, 0.5) is 18.9 Å². The normalized spacial score (nSPS) is 10.0. The van der Waals surface area contributed by atoms with E-state index in [-0.39, 0.29) is 0 Å². The van der Waals surface area contributed by atoms with E-state index in [1.54, 1.807) is 0 Å². The van der Waals surface area contributed by atoms with E-state index >= 15 is 0 Å². The molecule has 0 unspecified atom stereocenters. The predicted molar refractivity (Wildman–Crippen MR) is 46.6 cm³/mol. The Morgan fingerprint density at radius 2 is 1.71 bits per heavy atom. The van der Waals surface area contributed by atoms with Gasteiger partial charge in [0.1, 0.15) is 11.5 Å². The number of rotatable bonds is 1. The van der Waals surface area contributed by atoms with Crippen molar-refractivity contribution in [3.05, 3.63) is 29.6 Å². The molecule has 0 fully saturated rings. The van der Waals surface area contributed by atoms with Crippen molar-refractivity contribution >= 4 is 11.6 Å². The molecule has 0 amide bonds. The number of hydrogen-bond acceptors (Lipinski definition) is 1. The van der Waals surface area contributed by atoms with Crippen LogP contribution in [-0.2, 0) is 0 Å². The minimum atomic E-state index is -1.10. The third kappa shape index (κ3) is 1.78. The second-order valence-electron chi connectivity index (χ2n) is 2.66. The summed E-state index contributed by atoms with van der Waals surface area (Å²) in [4.78, 5) is 0.782. The van der Waals surface area contributed by atoms with E-state index in [0.717, 1.165) is 4.90 Å². The van der Waals surface area contributed by atoms with Gasteiger partial charge in [-0.2, -0.15) is 0 Å². The molecule has 14 heavy (non-hydrogen) atoms. The van der Waals surface area contributed by atoms with Crippen LogP contribution in [0.3, 0.4) is 0 Å². The zero-order valence-corrected chi connectivity index (χ0v) is 7.31. The van der Waals surface area contributed by atoms with Gasteiger partial charge in [0.05, 0.1) is 0 Å². The zero-order chi connectivity index (χ0) is 10.9. The van der Waals surface area contributed by atoms with E-state index in [1.807, 2.05) is 0 Å². The van der Waals surface area contributed by atoms with Crippen molar-refractivity contribution in [1.82, 2.24) is 0 Å². The molecule has 0 saturated carbocycles. The molecule has 76 valence electrons. The van der Waals surface area contributed by atoms with Gasteiger partial charge in [-0.1, -0.05) is 0 Å². The lowest BCUT2D eigenvalue weighted by Crippen LogP contribution is -2.34. The number of nitrogens with two attached hydrogens (primary N) is 1. The van der Waals surface area contributed by atoms with E-state index in [2.05, 4.69) is 0 Å². The fourth-order valence-corrected chi connectivity index (χ4v) is 0.975. The molecule has 0 saturated heterocycles. The minimum absolute atomic E-state index is 0.526. The Morgan fingerprint density at radius 3 is 2.07 bits per heavy atom. The second kappa shape index (κ2) is 3.57. The number of nitrogens with one attached hydrogen (secondary N) is 1. The van der Waals surface area contributed by atoms with Crippen molar-refractivity contribution in [2.45, 2.75) is 0 Å². The van der Waals surface area contributed by atoms with Gasteiger partial charge in [-0.05, 0) is 0 Å². The molecule has 3 N–H and O–H groups in total. The van der Waals surface area contributed by atoms with Gasteiger partial charge in [-0.25, -0.2) is 13.2 Å². The van der Waals surface area contributed by atoms with Crippen molar-refractivity contribution in [3.63, 3.8) is 0 Å². The number of anilines is 1.